The van der Waals surface area contributed by atoms with Gasteiger partial charge in [-0.15, -0.1) is 0 Å². The first-order valence-corrected chi connectivity index (χ1v) is 9.44. The van der Waals surface area contributed by atoms with Crippen LogP contribution in [-0.4, -0.2) is 37.7 Å². The number of pyridine rings is 2. The van der Waals surface area contributed by atoms with Gasteiger partial charge in [-0.2, -0.15) is 5.10 Å². The molecule has 0 radical (unpaired) electrons. The van der Waals surface area contributed by atoms with Crippen molar-refractivity contribution in [2.45, 2.75) is 44.7 Å². The Hall–Kier alpha value is -2.96. The quantitative estimate of drug-likeness (QED) is 0.775. The van der Waals surface area contributed by atoms with Gasteiger partial charge in [0.2, 0.25) is 5.91 Å². The number of carbonyl (C=O) groups excluding carboxylic acids is 1. The monoisotopic (exact) mass is 362 g/mol. The number of hydrogen-bond acceptors (Lipinski definition) is 5. The van der Waals surface area contributed by atoms with E-state index in [0.717, 1.165) is 22.2 Å². The Morgan fingerprint density at radius 3 is 2.52 bits per heavy atom. The highest BCUT2D eigenvalue weighted by Crippen LogP contribution is 2.44. The first-order valence-electron chi connectivity index (χ1n) is 9.44. The molecule has 3 aromatic rings. The van der Waals surface area contributed by atoms with Crippen LogP contribution in [0.5, 0.6) is 0 Å². The molecular formula is C20H22N6O. The number of aryl methyl sites for hydroxylation is 1. The van der Waals surface area contributed by atoms with Crippen LogP contribution < -0.4 is 10.2 Å². The van der Waals surface area contributed by atoms with E-state index in [1.165, 1.54) is 38.3 Å². The molecule has 2 fully saturated rings. The zero-order chi connectivity index (χ0) is 18.5. The summed E-state index contributed by atoms with van der Waals surface area (Å²) in [7, 11) is 1.92. The van der Waals surface area contributed by atoms with Crippen molar-refractivity contribution in [2.24, 2.45) is 7.05 Å². The van der Waals surface area contributed by atoms with E-state index >= 15 is 0 Å². The highest BCUT2D eigenvalue weighted by atomic mass is 16.1. The first-order chi connectivity index (χ1) is 13.1. The zero-order valence-electron chi connectivity index (χ0n) is 15.5. The Balaban J connectivity index is 1.68. The molecule has 27 heavy (non-hydrogen) atoms. The van der Waals surface area contributed by atoms with Gasteiger partial charge >= 0.3 is 0 Å². The maximum Gasteiger partial charge on any atom is 0.222 e. The number of amides is 1. The summed E-state index contributed by atoms with van der Waals surface area (Å²) in [6.07, 6.45) is 10.7. The summed E-state index contributed by atoms with van der Waals surface area (Å²) in [6.45, 7) is 1.48. The largest absolute Gasteiger partial charge is 0.364 e. The minimum absolute atomic E-state index is 0.139. The third-order valence-electron chi connectivity index (χ3n) is 5.69. The van der Waals surface area contributed by atoms with Crippen LogP contribution in [0.25, 0.3) is 22.2 Å². The lowest BCUT2D eigenvalue weighted by molar-refractivity contribution is -0.114. The second-order valence-electron chi connectivity index (χ2n) is 7.57. The molecule has 3 aromatic heterocycles. The van der Waals surface area contributed by atoms with Gasteiger partial charge < -0.3 is 10.2 Å². The predicted octanol–water partition coefficient (Wildman–Crippen LogP) is 3.12. The number of nitrogens with zero attached hydrogens (tertiary/aromatic N) is 5. The Morgan fingerprint density at radius 1 is 1.15 bits per heavy atom. The summed E-state index contributed by atoms with van der Waals surface area (Å²) in [5.74, 6) is 0.383. The number of fused-ring (bicyclic) bond motifs is 3. The van der Waals surface area contributed by atoms with Gasteiger partial charge in [0.25, 0.3) is 0 Å². The molecule has 0 aliphatic carbocycles. The highest BCUT2D eigenvalue weighted by Gasteiger charge is 2.40. The lowest BCUT2D eigenvalue weighted by Crippen LogP contribution is -2.28. The highest BCUT2D eigenvalue weighted by molar-refractivity contribution is 5.93. The molecule has 2 aliphatic heterocycles. The van der Waals surface area contributed by atoms with Crippen LogP contribution in [0.1, 0.15) is 32.6 Å². The summed E-state index contributed by atoms with van der Waals surface area (Å²) in [5, 5.41) is 8.06. The minimum atomic E-state index is -0.139. The van der Waals surface area contributed by atoms with Crippen molar-refractivity contribution < 1.29 is 4.79 Å². The molecule has 0 unspecified atom stereocenters. The molecule has 0 atom stereocenters. The maximum atomic E-state index is 11.4. The molecule has 7 heteroatoms. The molecule has 0 aromatic carbocycles. The number of nitrogens with one attached hydrogen (secondary N) is 1. The van der Waals surface area contributed by atoms with Crippen LogP contribution in [0.2, 0.25) is 0 Å². The summed E-state index contributed by atoms with van der Waals surface area (Å²) < 4.78 is 1.80. The van der Waals surface area contributed by atoms with Gasteiger partial charge in [-0.3, -0.25) is 9.48 Å². The Bertz CT molecular complexity index is 1020. The van der Waals surface area contributed by atoms with Crippen LogP contribution in [0, 0.1) is 0 Å². The Labute approximate surface area is 157 Å². The molecule has 2 bridgehead atoms. The standard InChI is InChI=1S/C20H22N6O/c1-12(27)23-19-8-17-13(9-21-19)7-18(26-15-3-4-16(26)6-5-15)20(24-17)14-10-22-25(2)11-14/h7-11,15-16H,3-6H2,1-2H3,(H,21,23,27). The predicted molar refractivity (Wildman–Crippen MR) is 105 cm³/mol. The molecule has 2 saturated heterocycles. The molecule has 0 saturated carbocycles. The third kappa shape index (κ3) is 2.74. The number of anilines is 2. The number of rotatable bonds is 3. The fourth-order valence-corrected chi connectivity index (χ4v) is 4.56. The van der Waals surface area contributed by atoms with Crippen LogP contribution in [0.3, 0.4) is 0 Å². The fourth-order valence-electron chi connectivity index (χ4n) is 4.56. The van der Waals surface area contributed by atoms with Crippen molar-refractivity contribution in [1.82, 2.24) is 19.7 Å². The molecular weight excluding hydrogens is 340 g/mol. The van der Waals surface area contributed by atoms with Crippen molar-refractivity contribution in [3.05, 3.63) is 30.7 Å². The van der Waals surface area contributed by atoms with E-state index in [1.54, 1.807) is 10.9 Å². The van der Waals surface area contributed by atoms with Gasteiger partial charge in [-0.05, 0) is 31.7 Å². The van der Waals surface area contributed by atoms with Gasteiger partial charge in [0, 0.05) is 55.5 Å². The smallest absolute Gasteiger partial charge is 0.222 e. The lowest BCUT2D eigenvalue weighted by atomic mass is 10.0. The van der Waals surface area contributed by atoms with Crippen LogP contribution >= 0.6 is 0 Å². The van der Waals surface area contributed by atoms with Gasteiger partial charge in [-0.1, -0.05) is 0 Å². The van der Waals surface area contributed by atoms with Gasteiger partial charge in [-0.25, -0.2) is 9.97 Å². The normalized spacial score (nSPS) is 21.2. The summed E-state index contributed by atoms with van der Waals surface area (Å²) >= 11 is 0. The van der Waals surface area contributed by atoms with E-state index in [1.807, 2.05) is 25.5 Å². The first kappa shape index (κ1) is 16.2. The van der Waals surface area contributed by atoms with Crippen molar-refractivity contribution in [2.75, 3.05) is 10.2 Å². The van der Waals surface area contributed by atoms with Gasteiger partial charge in [0.15, 0.2) is 0 Å². The zero-order valence-corrected chi connectivity index (χ0v) is 15.5. The van der Waals surface area contributed by atoms with Gasteiger partial charge in [0.05, 0.1) is 23.1 Å². The van der Waals surface area contributed by atoms with E-state index in [2.05, 4.69) is 26.4 Å². The fraction of sp³-hybridized carbons (Fsp3) is 0.400. The van der Waals surface area contributed by atoms with E-state index in [0.29, 0.717) is 17.9 Å². The third-order valence-corrected chi connectivity index (χ3v) is 5.69. The average Bonchev–Trinajstić information content (AvgIpc) is 3.35. The molecule has 138 valence electrons. The Morgan fingerprint density at radius 2 is 1.89 bits per heavy atom. The summed E-state index contributed by atoms with van der Waals surface area (Å²) in [5.41, 5.74) is 3.96. The molecule has 1 amide bonds. The van der Waals surface area contributed by atoms with E-state index in [9.17, 15) is 4.79 Å². The topological polar surface area (TPSA) is 75.9 Å². The van der Waals surface area contributed by atoms with Crippen LogP contribution in [0.15, 0.2) is 30.7 Å². The molecule has 1 N–H and O–H groups in total. The van der Waals surface area contributed by atoms with E-state index in [4.69, 9.17) is 4.98 Å². The van der Waals surface area contributed by atoms with Crippen molar-refractivity contribution in [1.29, 1.82) is 0 Å². The van der Waals surface area contributed by atoms with E-state index < -0.39 is 0 Å². The second-order valence-corrected chi connectivity index (χ2v) is 7.57. The van der Waals surface area contributed by atoms with Crippen molar-refractivity contribution in [3.63, 3.8) is 0 Å². The molecule has 7 nitrogen and oxygen atoms in total. The molecule has 5 rings (SSSR count). The molecule has 5 heterocycles. The second kappa shape index (κ2) is 6.04. The van der Waals surface area contributed by atoms with Crippen LogP contribution in [0.4, 0.5) is 11.5 Å². The summed E-state index contributed by atoms with van der Waals surface area (Å²) in [4.78, 5) is 23.3. The lowest BCUT2D eigenvalue weighted by Gasteiger charge is -2.27. The average molecular weight is 362 g/mol. The van der Waals surface area contributed by atoms with Crippen molar-refractivity contribution >= 4 is 28.3 Å². The SMILES string of the molecule is CC(=O)Nc1cc2nc(-c3cnn(C)c3)c(N3C4CCC3CC4)cc2cn1. The van der Waals surface area contributed by atoms with Crippen molar-refractivity contribution in [3.8, 4) is 11.3 Å². The number of carbonyl (C=O) groups is 1. The maximum absolute atomic E-state index is 11.4. The van der Waals surface area contributed by atoms with Gasteiger partial charge in [0.1, 0.15) is 5.82 Å². The number of aromatic nitrogens is 4. The molecule has 0 spiro atoms. The Kier molecular flexibility index (Phi) is 3.63. The van der Waals surface area contributed by atoms with Crippen LogP contribution in [-0.2, 0) is 11.8 Å². The number of hydrogen-bond donors (Lipinski definition) is 1. The van der Waals surface area contributed by atoms with E-state index in [-0.39, 0.29) is 5.91 Å². The summed E-state index contributed by atoms with van der Waals surface area (Å²) in [6, 6.07) is 5.25. The molecule has 2 aliphatic rings. The minimum Gasteiger partial charge on any atom is -0.364 e.